The predicted octanol–water partition coefficient (Wildman–Crippen LogP) is 5.28. The molecule has 202 valence electrons. The van der Waals surface area contributed by atoms with Gasteiger partial charge in [-0.05, 0) is 32.3 Å². The van der Waals surface area contributed by atoms with E-state index in [1.54, 1.807) is 6.21 Å². The van der Waals surface area contributed by atoms with E-state index in [0.717, 1.165) is 82.3 Å². The van der Waals surface area contributed by atoms with E-state index in [0.29, 0.717) is 24.2 Å². The van der Waals surface area contributed by atoms with Crippen LogP contribution in [0.3, 0.4) is 0 Å². The third-order valence-corrected chi connectivity index (χ3v) is 5.59. The average molecular weight is 503 g/mol. The van der Waals surface area contributed by atoms with Crippen LogP contribution in [0.15, 0.2) is 21.7 Å². The lowest BCUT2D eigenvalue weighted by molar-refractivity contribution is 0.0320. The quantitative estimate of drug-likeness (QED) is 0.292. The first-order valence-corrected chi connectivity index (χ1v) is 13.4. The summed E-state index contributed by atoms with van der Waals surface area (Å²) >= 11 is 0. The molecule has 3 rings (SSSR count). The zero-order chi connectivity index (χ0) is 26.2. The number of rotatable bonds is 13. The van der Waals surface area contributed by atoms with Gasteiger partial charge >= 0.3 is 0 Å². The Morgan fingerprint density at radius 2 is 1.83 bits per heavy atom. The van der Waals surface area contributed by atoms with Crippen LogP contribution in [-0.2, 0) is 4.74 Å². The number of morpholine rings is 1. The van der Waals surface area contributed by atoms with Crippen molar-refractivity contribution in [1.82, 2.24) is 14.9 Å². The highest BCUT2D eigenvalue weighted by Crippen LogP contribution is 2.20. The predicted molar refractivity (Wildman–Crippen MR) is 148 cm³/mol. The highest BCUT2D eigenvalue weighted by molar-refractivity contribution is 5.76. The lowest BCUT2D eigenvalue weighted by Gasteiger charge is -2.26. The summed E-state index contributed by atoms with van der Waals surface area (Å²) in [6.45, 7) is 19.3. The van der Waals surface area contributed by atoms with Gasteiger partial charge in [-0.25, -0.2) is 10.4 Å². The van der Waals surface area contributed by atoms with Gasteiger partial charge < -0.3 is 18.8 Å². The molecule has 0 bridgehead atoms. The number of nitrogens with one attached hydrogen (secondary N) is 1. The first kappa shape index (κ1) is 29.6. The van der Waals surface area contributed by atoms with Gasteiger partial charge in [-0.3, -0.25) is 4.90 Å². The van der Waals surface area contributed by atoms with Crippen molar-refractivity contribution in [2.45, 2.75) is 67.2 Å². The standard InChI is InChI=1S/C24H38N6O3.C3H8/c1-5-7-9-30(8-6-2)22-17-23(32-15-12-29-10-13-31-14-11-29)27-21(26-22)18-25-28-24-16-19(3)20(4)33-24;1-3-2/h16-18,28H,5-15H2,1-4H3;3H2,1-2H3/b25-18+;. The molecule has 0 aromatic carbocycles. The van der Waals surface area contributed by atoms with Gasteiger partial charge in [0.2, 0.25) is 11.8 Å². The minimum atomic E-state index is 0.499. The fourth-order valence-corrected chi connectivity index (χ4v) is 3.57. The van der Waals surface area contributed by atoms with Gasteiger partial charge in [0.15, 0.2) is 5.82 Å². The molecular formula is C27H46N6O3. The second-order valence-corrected chi connectivity index (χ2v) is 8.99. The molecule has 36 heavy (non-hydrogen) atoms. The summed E-state index contributed by atoms with van der Waals surface area (Å²) in [5, 5.41) is 4.28. The third kappa shape index (κ3) is 10.5. The summed E-state index contributed by atoms with van der Waals surface area (Å²) in [7, 11) is 0. The molecule has 9 heteroatoms. The fourth-order valence-electron chi connectivity index (χ4n) is 3.57. The minimum Gasteiger partial charge on any atom is -0.476 e. The molecule has 1 fully saturated rings. The number of hydrogen-bond acceptors (Lipinski definition) is 9. The monoisotopic (exact) mass is 502 g/mol. The van der Waals surface area contributed by atoms with Crippen molar-refractivity contribution >= 4 is 17.9 Å². The van der Waals surface area contributed by atoms with E-state index >= 15 is 0 Å². The highest BCUT2D eigenvalue weighted by Gasteiger charge is 2.13. The molecule has 3 heterocycles. The molecule has 0 saturated carbocycles. The lowest BCUT2D eigenvalue weighted by atomic mass is 10.3. The summed E-state index contributed by atoms with van der Waals surface area (Å²) in [5.74, 6) is 3.40. The zero-order valence-corrected chi connectivity index (χ0v) is 23.2. The topological polar surface area (TPSA) is 88.2 Å². The van der Waals surface area contributed by atoms with Crippen LogP contribution in [-0.4, -0.2) is 73.6 Å². The van der Waals surface area contributed by atoms with E-state index in [2.05, 4.69) is 53.0 Å². The fraction of sp³-hybridized carbons (Fsp3) is 0.667. The van der Waals surface area contributed by atoms with Gasteiger partial charge in [0.25, 0.3) is 0 Å². The van der Waals surface area contributed by atoms with Crippen molar-refractivity contribution in [3.8, 4) is 5.88 Å². The van der Waals surface area contributed by atoms with Gasteiger partial charge in [-0.15, -0.1) is 0 Å². The van der Waals surface area contributed by atoms with Crippen molar-refractivity contribution in [1.29, 1.82) is 0 Å². The molecule has 2 aromatic heterocycles. The highest BCUT2D eigenvalue weighted by atomic mass is 16.5. The number of aryl methyl sites for hydroxylation is 2. The molecule has 2 aromatic rings. The second-order valence-electron chi connectivity index (χ2n) is 8.99. The summed E-state index contributed by atoms with van der Waals surface area (Å²) in [4.78, 5) is 14.0. The third-order valence-electron chi connectivity index (χ3n) is 5.59. The van der Waals surface area contributed by atoms with E-state index in [1.807, 2.05) is 26.0 Å². The molecule has 0 atom stereocenters. The molecular weight excluding hydrogens is 456 g/mol. The Labute approximate surface area is 217 Å². The number of hydrazone groups is 1. The smallest absolute Gasteiger partial charge is 0.219 e. The van der Waals surface area contributed by atoms with Crippen LogP contribution in [0.25, 0.3) is 0 Å². The van der Waals surface area contributed by atoms with E-state index in [9.17, 15) is 0 Å². The Morgan fingerprint density at radius 3 is 2.47 bits per heavy atom. The number of ether oxygens (including phenoxy) is 2. The normalized spacial score (nSPS) is 13.9. The Balaban J connectivity index is 0.00000145. The van der Waals surface area contributed by atoms with E-state index in [-0.39, 0.29) is 0 Å². The van der Waals surface area contributed by atoms with Crippen molar-refractivity contribution < 1.29 is 13.9 Å². The molecule has 0 amide bonds. The molecule has 0 radical (unpaired) electrons. The van der Waals surface area contributed by atoms with Crippen LogP contribution in [0.5, 0.6) is 5.88 Å². The maximum Gasteiger partial charge on any atom is 0.219 e. The molecule has 1 N–H and O–H groups in total. The molecule has 0 unspecified atom stereocenters. The van der Waals surface area contributed by atoms with Gasteiger partial charge in [-0.2, -0.15) is 10.1 Å². The number of anilines is 2. The maximum atomic E-state index is 6.05. The van der Waals surface area contributed by atoms with E-state index in [1.165, 1.54) is 6.42 Å². The molecule has 0 aliphatic carbocycles. The number of nitrogens with zero attached hydrogens (tertiary/aromatic N) is 5. The minimum absolute atomic E-state index is 0.499. The number of aromatic nitrogens is 2. The Bertz CT molecular complexity index is 876. The molecule has 0 spiro atoms. The average Bonchev–Trinajstić information content (AvgIpc) is 3.19. The van der Waals surface area contributed by atoms with Gasteiger partial charge in [0.1, 0.15) is 18.2 Å². The zero-order valence-electron chi connectivity index (χ0n) is 23.2. The van der Waals surface area contributed by atoms with Crippen LogP contribution < -0.4 is 15.1 Å². The first-order chi connectivity index (χ1) is 17.5. The molecule has 1 aliphatic heterocycles. The Hall–Kier alpha value is -2.65. The van der Waals surface area contributed by atoms with Crippen molar-refractivity contribution in [3.63, 3.8) is 0 Å². The number of hydrogen-bond donors (Lipinski definition) is 1. The number of furan rings is 1. The largest absolute Gasteiger partial charge is 0.476 e. The van der Waals surface area contributed by atoms with Crippen LogP contribution in [0.4, 0.5) is 11.7 Å². The molecule has 9 nitrogen and oxygen atoms in total. The molecule has 1 aliphatic rings. The van der Waals surface area contributed by atoms with Gasteiger partial charge in [0, 0.05) is 44.9 Å². The van der Waals surface area contributed by atoms with Crippen LogP contribution in [0.1, 0.15) is 70.5 Å². The maximum absolute atomic E-state index is 6.05. The van der Waals surface area contributed by atoms with E-state index < -0.39 is 0 Å². The summed E-state index contributed by atoms with van der Waals surface area (Å²) in [6.07, 6.45) is 6.15. The van der Waals surface area contributed by atoms with Crippen molar-refractivity contribution in [3.05, 3.63) is 29.3 Å². The van der Waals surface area contributed by atoms with Crippen molar-refractivity contribution in [2.24, 2.45) is 5.10 Å². The van der Waals surface area contributed by atoms with Crippen LogP contribution >= 0.6 is 0 Å². The summed E-state index contributed by atoms with van der Waals surface area (Å²) < 4.78 is 17.1. The summed E-state index contributed by atoms with van der Waals surface area (Å²) in [6, 6.07) is 3.85. The summed E-state index contributed by atoms with van der Waals surface area (Å²) in [5.41, 5.74) is 4.00. The van der Waals surface area contributed by atoms with Gasteiger partial charge in [-0.1, -0.05) is 40.5 Å². The van der Waals surface area contributed by atoms with Crippen LogP contribution in [0, 0.1) is 13.8 Å². The molecule has 1 saturated heterocycles. The van der Waals surface area contributed by atoms with Crippen LogP contribution in [0.2, 0.25) is 0 Å². The number of unbranched alkanes of at least 4 members (excludes halogenated alkanes) is 1. The lowest BCUT2D eigenvalue weighted by Crippen LogP contribution is -2.38. The van der Waals surface area contributed by atoms with Crippen molar-refractivity contribution in [2.75, 3.05) is 62.9 Å². The Morgan fingerprint density at radius 1 is 1.08 bits per heavy atom. The van der Waals surface area contributed by atoms with Gasteiger partial charge in [0.05, 0.1) is 19.4 Å². The second kappa shape index (κ2) is 16.9. The van der Waals surface area contributed by atoms with E-state index in [4.69, 9.17) is 18.9 Å². The SMILES string of the molecule is CCC.CCCCN(CCC)c1cc(OCCN2CCOCC2)nc(/C=N/Nc2cc(C)c(C)o2)n1. The Kier molecular flexibility index (Phi) is 13.9. The first-order valence-electron chi connectivity index (χ1n) is 13.4.